The van der Waals surface area contributed by atoms with E-state index in [0.29, 0.717) is 6.04 Å². The molecule has 102 valence electrons. The summed E-state index contributed by atoms with van der Waals surface area (Å²) in [6, 6.07) is 6.52. The number of hydrogen-bond donors (Lipinski definition) is 1. The molecule has 0 aliphatic heterocycles. The summed E-state index contributed by atoms with van der Waals surface area (Å²) >= 11 is 1.64. The van der Waals surface area contributed by atoms with Crippen molar-refractivity contribution in [2.75, 3.05) is 6.54 Å². The predicted molar refractivity (Wildman–Crippen MR) is 79.3 cm³/mol. The van der Waals surface area contributed by atoms with Crippen molar-refractivity contribution < 1.29 is 0 Å². The molecule has 1 N–H and O–H groups in total. The highest BCUT2D eigenvalue weighted by molar-refractivity contribution is 7.14. The first-order chi connectivity index (χ1) is 9.15. The van der Waals surface area contributed by atoms with Gasteiger partial charge in [0.1, 0.15) is 10.7 Å². The molecule has 5 heteroatoms. The van der Waals surface area contributed by atoms with Crippen molar-refractivity contribution in [1.82, 2.24) is 20.5 Å². The zero-order valence-electron chi connectivity index (χ0n) is 11.7. The van der Waals surface area contributed by atoms with Gasteiger partial charge < -0.3 is 5.32 Å². The summed E-state index contributed by atoms with van der Waals surface area (Å²) < 4.78 is 0. The number of nitrogens with one attached hydrogen (secondary N) is 1. The summed E-state index contributed by atoms with van der Waals surface area (Å²) in [6.07, 6.45) is 2.07. The molecule has 0 spiro atoms. The second kappa shape index (κ2) is 6.73. The van der Waals surface area contributed by atoms with Gasteiger partial charge in [0.25, 0.3) is 0 Å². The van der Waals surface area contributed by atoms with Crippen LogP contribution >= 0.6 is 11.3 Å². The van der Waals surface area contributed by atoms with Crippen LogP contribution < -0.4 is 5.32 Å². The fraction of sp³-hybridized carbons (Fsp3) is 0.500. The standard InChI is InChI=1S/C14H20N4S/c1-10(2)15-9-5-8-13-17-18-14(19-13)12-7-4-6-11(3)16-12/h4,6-7,10,15H,5,8-9H2,1-3H3. The highest BCUT2D eigenvalue weighted by Gasteiger charge is 2.07. The zero-order chi connectivity index (χ0) is 13.7. The lowest BCUT2D eigenvalue weighted by Crippen LogP contribution is -2.23. The van der Waals surface area contributed by atoms with Gasteiger partial charge >= 0.3 is 0 Å². The second-order valence-corrected chi connectivity index (χ2v) is 5.94. The average molecular weight is 276 g/mol. The van der Waals surface area contributed by atoms with Crippen LogP contribution in [0.25, 0.3) is 10.7 Å². The van der Waals surface area contributed by atoms with Crippen LogP contribution in [0.2, 0.25) is 0 Å². The van der Waals surface area contributed by atoms with Gasteiger partial charge in [0.2, 0.25) is 0 Å². The summed E-state index contributed by atoms with van der Waals surface area (Å²) in [4.78, 5) is 4.47. The molecule has 2 aromatic heterocycles. The molecule has 19 heavy (non-hydrogen) atoms. The first-order valence-corrected chi connectivity index (χ1v) is 7.46. The Hall–Kier alpha value is -1.33. The SMILES string of the molecule is Cc1cccc(-c2nnc(CCCNC(C)C)s2)n1. The van der Waals surface area contributed by atoms with Crippen molar-refractivity contribution >= 4 is 11.3 Å². The van der Waals surface area contributed by atoms with Crippen LogP contribution in [0.4, 0.5) is 0 Å². The fourth-order valence-electron chi connectivity index (χ4n) is 1.75. The van der Waals surface area contributed by atoms with Crippen LogP contribution in [-0.4, -0.2) is 27.8 Å². The Kier molecular flexibility index (Phi) is 4.99. The van der Waals surface area contributed by atoms with Crippen LogP contribution in [0.1, 0.15) is 31.0 Å². The van der Waals surface area contributed by atoms with Gasteiger partial charge in [0.15, 0.2) is 5.01 Å². The molecule has 0 aliphatic rings. The smallest absolute Gasteiger partial charge is 0.166 e. The normalized spacial score (nSPS) is 11.2. The Morgan fingerprint density at radius 1 is 1.26 bits per heavy atom. The van der Waals surface area contributed by atoms with Gasteiger partial charge in [-0.15, -0.1) is 10.2 Å². The van der Waals surface area contributed by atoms with E-state index in [4.69, 9.17) is 0 Å². The van der Waals surface area contributed by atoms with Gasteiger partial charge in [0.05, 0.1) is 0 Å². The van der Waals surface area contributed by atoms with E-state index in [-0.39, 0.29) is 0 Å². The molecule has 4 nitrogen and oxygen atoms in total. The predicted octanol–water partition coefficient (Wildman–Crippen LogP) is 2.84. The molecule has 0 saturated heterocycles. The molecule has 0 bridgehead atoms. The quantitative estimate of drug-likeness (QED) is 0.824. The molecule has 0 fully saturated rings. The van der Waals surface area contributed by atoms with E-state index >= 15 is 0 Å². The molecular weight excluding hydrogens is 256 g/mol. The maximum Gasteiger partial charge on any atom is 0.166 e. The van der Waals surface area contributed by atoms with Crippen molar-refractivity contribution in [1.29, 1.82) is 0 Å². The van der Waals surface area contributed by atoms with Gasteiger partial charge in [-0.1, -0.05) is 31.3 Å². The molecule has 2 heterocycles. The minimum absolute atomic E-state index is 0.543. The van der Waals surface area contributed by atoms with E-state index in [9.17, 15) is 0 Å². The monoisotopic (exact) mass is 276 g/mol. The molecule has 0 amide bonds. The molecular formula is C14H20N4S. The zero-order valence-corrected chi connectivity index (χ0v) is 12.5. The Bertz CT molecular complexity index is 522. The van der Waals surface area contributed by atoms with E-state index < -0.39 is 0 Å². The van der Waals surface area contributed by atoms with Crippen molar-refractivity contribution in [2.45, 2.75) is 39.7 Å². The summed E-state index contributed by atoms with van der Waals surface area (Å²) in [6.45, 7) is 7.33. The lowest BCUT2D eigenvalue weighted by atomic mass is 10.3. The molecule has 0 aliphatic carbocycles. The van der Waals surface area contributed by atoms with Gasteiger partial charge in [-0.3, -0.25) is 4.98 Å². The maximum atomic E-state index is 4.47. The van der Waals surface area contributed by atoms with E-state index in [0.717, 1.165) is 40.8 Å². The molecule has 0 saturated carbocycles. The third-order valence-electron chi connectivity index (χ3n) is 2.69. The Morgan fingerprint density at radius 3 is 2.84 bits per heavy atom. The first kappa shape index (κ1) is 14.1. The average Bonchev–Trinajstić information content (AvgIpc) is 2.83. The van der Waals surface area contributed by atoms with Gasteiger partial charge in [-0.2, -0.15) is 0 Å². The molecule has 0 aromatic carbocycles. The number of rotatable bonds is 6. The Balaban J connectivity index is 1.92. The largest absolute Gasteiger partial charge is 0.315 e. The van der Waals surface area contributed by atoms with E-state index in [1.165, 1.54) is 0 Å². The third kappa shape index (κ3) is 4.36. The van der Waals surface area contributed by atoms with E-state index in [1.807, 2.05) is 25.1 Å². The van der Waals surface area contributed by atoms with Crippen LogP contribution in [-0.2, 0) is 6.42 Å². The molecule has 2 rings (SSSR count). The van der Waals surface area contributed by atoms with Crippen molar-refractivity contribution in [3.8, 4) is 10.7 Å². The lowest BCUT2D eigenvalue weighted by molar-refractivity contribution is 0.569. The van der Waals surface area contributed by atoms with Crippen molar-refractivity contribution in [3.63, 3.8) is 0 Å². The Morgan fingerprint density at radius 2 is 2.11 bits per heavy atom. The molecule has 0 atom stereocenters. The summed E-state index contributed by atoms with van der Waals surface area (Å²) in [5.74, 6) is 0. The number of pyridine rings is 1. The first-order valence-electron chi connectivity index (χ1n) is 6.65. The van der Waals surface area contributed by atoms with Gasteiger partial charge in [-0.25, -0.2) is 0 Å². The van der Waals surface area contributed by atoms with Crippen LogP contribution in [0, 0.1) is 6.92 Å². The number of aryl methyl sites for hydroxylation is 2. The summed E-state index contributed by atoms with van der Waals surface area (Å²) in [5, 5.41) is 13.9. The second-order valence-electron chi connectivity index (χ2n) is 4.88. The molecule has 0 unspecified atom stereocenters. The van der Waals surface area contributed by atoms with Crippen LogP contribution in [0.15, 0.2) is 18.2 Å². The minimum atomic E-state index is 0.543. The lowest BCUT2D eigenvalue weighted by Gasteiger charge is -2.05. The topological polar surface area (TPSA) is 50.7 Å². The number of nitrogens with zero attached hydrogens (tertiary/aromatic N) is 3. The van der Waals surface area contributed by atoms with Gasteiger partial charge in [0, 0.05) is 18.2 Å². The summed E-state index contributed by atoms with van der Waals surface area (Å²) in [7, 11) is 0. The minimum Gasteiger partial charge on any atom is -0.315 e. The fourth-order valence-corrected chi connectivity index (χ4v) is 2.60. The van der Waals surface area contributed by atoms with E-state index in [2.05, 4.69) is 34.3 Å². The summed E-state index contributed by atoms with van der Waals surface area (Å²) in [5.41, 5.74) is 1.93. The van der Waals surface area contributed by atoms with Crippen molar-refractivity contribution in [3.05, 3.63) is 28.9 Å². The van der Waals surface area contributed by atoms with E-state index in [1.54, 1.807) is 11.3 Å². The molecule has 0 radical (unpaired) electrons. The highest BCUT2D eigenvalue weighted by atomic mass is 32.1. The maximum absolute atomic E-state index is 4.47. The van der Waals surface area contributed by atoms with Crippen LogP contribution in [0.5, 0.6) is 0 Å². The number of aromatic nitrogens is 3. The Labute approximate surface area is 118 Å². The van der Waals surface area contributed by atoms with Crippen LogP contribution in [0.3, 0.4) is 0 Å². The third-order valence-corrected chi connectivity index (χ3v) is 3.70. The number of hydrogen-bond acceptors (Lipinski definition) is 5. The molecule has 2 aromatic rings. The van der Waals surface area contributed by atoms with Crippen molar-refractivity contribution in [2.24, 2.45) is 0 Å². The highest BCUT2D eigenvalue weighted by Crippen LogP contribution is 2.22. The van der Waals surface area contributed by atoms with Gasteiger partial charge in [-0.05, 0) is 32.0 Å².